The zero-order valence-electron chi connectivity index (χ0n) is 16.6. The molecule has 0 saturated carbocycles. The van der Waals surface area contributed by atoms with Crippen LogP contribution in [0.5, 0.6) is 0 Å². The van der Waals surface area contributed by atoms with Gasteiger partial charge < -0.3 is 14.4 Å². The third-order valence-corrected chi connectivity index (χ3v) is 4.89. The summed E-state index contributed by atoms with van der Waals surface area (Å²) >= 11 is 0. The largest absolute Gasteiger partial charge is 0.361 e. The van der Waals surface area contributed by atoms with Gasteiger partial charge in [-0.15, -0.1) is 6.58 Å². The summed E-state index contributed by atoms with van der Waals surface area (Å²) in [6.45, 7) is 8.16. The zero-order chi connectivity index (χ0) is 21.0. The van der Waals surface area contributed by atoms with Crippen LogP contribution in [0.3, 0.4) is 0 Å². The molecule has 0 radical (unpaired) electrons. The monoisotopic (exact) mass is 396 g/mol. The Kier molecular flexibility index (Phi) is 6.11. The third-order valence-electron chi connectivity index (χ3n) is 4.89. The highest BCUT2D eigenvalue weighted by atomic mass is 16.5. The normalized spacial score (nSPS) is 11.0. The Morgan fingerprint density at radius 1 is 1.17 bits per heavy atom. The molecule has 0 aliphatic carbocycles. The molecule has 0 fully saturated rings. The molecule has 0 aliphatic rings. The van der Waals surface area contributed by atoms with Gasteiger partial charge in [-0.25, -0.2) is 0 Å². The summed E-state index contributed by atoms with van der Waals surface area (Å²) in [5, 5.41) is 6.73. The van der Waals surface area contributed by atoms with Gasteiger partial charge in [0.25, 0.3) is 0 Å². The quantitative estimate of drug-likeness (QED) is 0.462. The first-order valence-electron chi connectivity index (χ1n) is 9.45. The second kappa shape index (κ2) is 8.72. The number of nitrogens with zero attached hydrogens (tertiary/aromatic N) is 3. The molecule has 152 valence electrons. The molecule has 8 nitrogen and oxygen atoms in total. The third kappa shape index (κ3) is 4.21. The molecule has 3 aromatic rings. The van der Waals surface area contributed by atoms with Gasteiger partial charge in [-0.2, -0.15) is 0 Å². The van der Waals surface area contributed by atoms with Gasteiger partial charge in [0.1, 0.15) is 5.76 Å². The van der Waals surface area contributed by atoms with E-state index < -0.39 is 11.1 Å². The summed E-state index contributed by atoms with van der Waals surface area (Å²) in [5.74, 6) is 0.554. The first-order chi connectivity index (χ1) is 13.9. The van der Waals surface area contributed by atoms with Gasteiger partial charge in [-0.1, -0.05) is 23.4 Å². The molecule has 0 unspecified atom stereocenters. The van der Waals surface area contributed by atoms with Crippen molar-refractivity contribution >= 4 is 16.9 Å². The highest BCUT2D eigenvalue weighted by Gasteiger charge is 2.14. The Hall–Kier alpha value is -3.42. The van der Waals surface area contributed by atoms with E-state index in [2.05, 4.69) is 17.1 Å². The van der Waals surface area contributed by atoms with Crippen molar-refractivity contribution in [1.29, 1.82) is 0 Å². The Morgan fingerprint density at radius 3 is 2.45 bits per heavy atom. The molecular weight excluding hydrogens is 372 g/mol. The van der Waals surface area contributed by atoms with Crippen molar-refractivity contribution < 1.29 is 9.32 Å². The minimum Gasteiger partial charge on any atom is -0.361 e. The van der Waals surface area contributed by atoms with E-state index >= 15 is 0 Å². The summed E-state index contributed by atoms with van der Waals surface area (Å²) in [6, 6.07) is 7.15. The Balaban J connectivity index is 1.72. The van der Waals surface area contributed by atoms with Crippen molar-refractivity contribution in [3.63, 3.8) is 0 Å². The minimum absolute atomic E-state index is 0.0937. The van der Waals surface area contributed by atoms with Crippen molar-refractivity contribution in [2.24, 2.45) is 0 Å². The number of nitrogens with one attached hydrogen (secondary N) is 1. The number of carbonyl (C=O) groups is 1. The zero-order valence-corrected chi connectivity index (χ0v) is 16.6. The number of amides is 1. The number of benzene rings is 1. The fourth-order valence-corrected chi connectivity index (χ4v) is 3.39. The topological polar surface area (TPSA) is 99.1 Å². The molecular formula is C21H24N4O4. The van der Waals surface area contributed by atoms with Gasteiger partial charge in [0.15, 0.2) is 0 Å². The molecule has 1 N–H and O–H groups in total. The van der Waals surface area contributed by atoms with E-state index in [1.807, 2.05) is 13.8 Å². The smallest absolute Gasteiger partial charge is 0.317 e. The molecule has 2 aromatic heterocycles. The van der Waals surface area contributed by atoms with Crippen LogP contribution in [0, 0.1) is 13.8 Å². The average Bonchev–Trinajstić information content (AvgIpc) is 3.03. The summed E-state index contributed by atoms with van der Waals surface area (Å²) in [7, 11) is 0. The predicted octanol–water partition coefficient (Wildman–Crippen LogP) is 1.70. The molecule has 1 aromatic carbocycles. The first-order valence-corrected chi connectivity index (χ1v) is 9.45. The SMILES string of the molecule is C=CCn1c(=O)c(=O)n(CCC(=O)NCCc2c(C)noc2C)c2ccccc21. The first kappa shape index (κ1) is 20.3. The number of carbonyl (C=O) groups excluding carboxylic acids is 1. The fourth-order valence-electron chi connectivity index (χ4n) is 3.39. The number of fused-ring (bicyclic) bond motifs is 1. The lowest BCUT2D eigenvalue weighted by Gasteiger charge is -2.14. The van der Waals surface area contributed by atoms with E-state index in [0.29, 0.717) is 24.0 Å². The van der Waals surface area contributed by atoms with Crippen LogP contribution in [0.4, 0.5) is 0 Å². The standard InChI is InChI=1S/C21H24N4O4/c1-4-12-24-17-7-5-6-8-18(17)25(21(28)20(24)27)13-10-19(26)22-11-9-16-14(2)23-29-15(16)3/h4-8H,1,9-13H2,2-3H3,(H,22,26). The van der Waals surface area contributed by atoms with Gasteiger partial charge in [-0.05, 0) is 32.4 Å². The van der Waals surface area contributed by atoms with E-state index in [1.165, 1.54) is 9.13 Å². The molecule has 1 amide bonds. The van der Waals surface area contributed by atoms with Crippen molar-refractivity contribution in [2.45, 2.75) is 39.8 Å². The predicted molar refractivity (Wildman–Crippen MR) is 110 cm³/mol. The molecule has 29 heavy (non-hydrogen) atoms. The van der Waals surface area contributed by atoms with Crippen LogP contribution in [0.2, 0.25) is 0 Å². The second-order valence-electron chi connectivity index (χ2n) is 6.80. The highest BCUT2D eigenvalue weighted by molar-refractivity contribution is 5.77. The molecule has 0 saturated heterocycles. The van der Waals surface area contributed by atoms with Gasteiger partial charge in [0.05, 0.1) is 16.7 Å². The van der Waals surface area contributed by atoms with Crippen LogP contribution in [0.25, 0.3) is 11.0 Å². The molecule has 0 spiro atoms. The van der Waals surface area contributed by atoms with Crippen LogP contribution in [0.1, 0.15) is 23.4 Å². The van der Waals surface area contributed by atoms with Gasteiger partial charge in [-0.3, -0.25) is 19.0 Å². The van der Waals surface area contributed by atoms with Crippen LogP contribution < -0.4 is 16.4 Å². The lowest BCUT2D eigenvalue weighted by molar-refractivity contribution is -0.121. The maximum Gasteiger partial charge on any atom is 0.317 e. The Labute approximate surface area is 167 Å². The van der Waals surface area contributed by atoms with Crippen LogP contribution >= 0.6 is 0 Å². The van der Waals surface area contributed by atoms with Crippen LogP contribution in [-0.4, -0.2) is 26.7 Å². The summed E-state index contributed by atoms with van der Waals surface area (Å²) < 4.78 is 7.87. The number of rotatable bonds is 8. The maximum atomic E-state index is 12.6. The molecule has 2 heterocycles. The van der Waals surface area contributed by atoms with Gasteiger partial charge in [0, 0.05) is 31.6 Å². The number of para-hydroxylation sites is 2. The maximum absolute atomic E-state index is 12.6. The van der Waals surface area contributed by atoms with Gasteiger partial charge in [0.2, 0.25) is 5.91 Å². The molecule has 0 atom stereocenters. The Morgan fingerprint density at radius 2 is 1.83 bits per heavy atom. The molecule has 0 bridgehead atoms. The van der Waals surface area contributed by atoms with Crippen molar-refractivity contribution in [3.05, 3.63) is 74.6 Å². The molecule has 3 rings (SSSR count). The lowest BCUT2D eigenvalue weighted by Crippen LogP contribution is -2.42. The fraction of sp³-hybridized carbons (Fsp3) is 0.333. The van der Waals surface area contributed by atoms with Crippen LogP contribution in [0.15, 0.2) is 51.0 Å². The number of aromatic nitrogens is 3. The van der Waals surface area contributed by atoms with Crippen molar-refractivity contribution in [2.75, 3.05) is 6.54 Å². The van der Waals surface area contributed by atoms with E-state index in [4.69, 9.17) is 4.52 Å². The van der Waals surface area contributed by atoms with E-state index in [0.717, 1.165) is 17.0 Å². The number of hydrogen-bond acceptors (Lipinski definition) is 5. The molecule has 8 heteroatoms. The number of aryl methyl sites for hydroxylation is 3. The van der Waals surface area contributed by atoms with Crippen LogP contribution in [-0.2, 0) is 24.3 Å². The number of allylic oxidation sites excluding steroid dienone is 1. The van der Waals surface area contributed by atoms with E-state index in [9.17, 15) is 14.4 Å². The summed E-state index contributed by atoms with van der Waals surface area (Å²) in [6.07, 6.45) is 2.29. The summed E-state index contributed by atoms with van der Waals surface area (Å²) in [4.78, 5) is 37.3. The molecule has 0 aliphatic heterocycles. The average molecular weight is 396 g/mol. The van der Waals surface area contributed by atoms with E-state index in [-0.39, 0.29) is 25.4 Å². The summed E-state index contributed by atoms with van der Waals surface area (Å²) in [5.41, 5.74) is 1.78. The minimum atomic E-state index is -0.644. The van der Waals surface area contributed by atoms with Crippen molar-refractivity contribution in [1.82, 2.24) is 19.6 Å². The second-order valence-corrected chi connectivity index (χ2v) is 6.80. The van der Waals surface area contributed by atoms with E-state index in [1.54, 1.807) is 30.3 Å². The highest BCUT2D eigenvalue weighted by Crippen LogP contribution is 2.13. The lowest BCUT2D eigenvalue weighted by atomic mass is 10.1. The van der Waals surface area contributed by atoms with Crippen molar-refractivity contribution in [3.8, 4) is 0 Å². The Bertz CT molecular complexity index is 1150. The van der Waals surface area contributed by atoms with Gasteiger partial charge >= 0.3 is 11.1 Å². The number of hydrogen-bond donors (Lipinski definition) is 1.